The minimum Gasteiger partial charge on any atom is -0.307 e. The normalized spacial score (nSPS) is 16.1. The van der Waals surface area contributed by atoms with Crippen LogP contribution in [0.3, 0.4) is 0 Å². The molecule has 31 heavy (non-hydrogen) atoms. The number of pyridine rings is 1. The van der Waals surface area contributed by atoms with Gasteiger partial charge in [-0.1, -0.05) is 35.9 Å². The minimum absolute atomic E-state index is 0.156. The molecule has 1 unspecified atom stereocenters. The number of rotatable bonds is 4. The van der Waals surface area contributed by atoms with Crippen molar-refractivity contribution in [1.82, 2.24) is 10.3 Å². The number of amides is 1. The number of anilines is 1. The van der Waals surface area contributed by atoms with E-state index < -0.39 is 11.7 Å². The van der Waals surface area contributed by atoms with Gasteiger partial charge >= 0.3 is 6.18 Å². The lowest BCUT2D eigenvalue weighted by Crippen LogP contribution is -2.40. The third kappa shape index (κ3) is 4.73. The van der Waals surface area contributed by atoms with Crippen LogP contribution in [0.5, 0.6) is 0 Å². The molecule has 0 bridgehead atoms. The van der Waals surface area contributed by atoms with Gasteiger partial charge in [0.15, 0.2) is 0 Å². The highest BCUT2D eigenvalue weighted by Crippen LogP contribution is 2.37. The lowest BCUT2D eigenvalue weighted by atomic mass is 9.95. The van der Waals surface area contributed by atoms with Crippen molar-refractivity contribution in [2.75, 3.05) is 11.4 Å². The van der Waals surface area contributed by atoms with E-state index in [-0.39, 0.29) is 18.5 Å². The van der Waals surface area contributed by atoms with Crippen molar-refractivity contribution in [3.8, 4) is 0 Å². The Morgan fingerprint density at radius 1 is 1.13 bits per heavy atom. The van der Waals surface area contributed by atoms with E-state index in [9.17, 15) is 18.0 Å². The Hall–Kier alpha value is -2.90. The van der Waals surface area contributed by atoms with Crippen molar-refractivity contribution in [2.45, 2.75) is 25.2 Å². The summed E-state index contributed by atoms with van der Waals surface area (Å²) in [6.45, 7) is 0.707. The first-order valence-corrected chi connectivity index (χ1v) is 10.1. The van der Waals surface area contributed by atoms with Gasteiger partial charge in [-0.15, -0.1) is 0 Å². The van der Waals surface area contributed by atoms with Gasteiger partial charge in [-0.25, -0.2) is 0 Å². The number of carbonyl (C=O) groups excluding carboxylic acids is 1. The molecular formula is C23H19ClF3N3O. The van der Waals surface area contributed by atoms with Gasteiger partial charge in [-0.3, -0.25) is 9.78 Å². The molecule has 1 N–H and O–H groups in total. The van der Waals surface area contributed by atoms with E-state index in [1.807, 2.05) is 0 Å². The highest BCUT2D eigenvalue weighted by Gasteiger charge is 2.31. The molecule has 0 spiro atoms. The van der Waals surface area contributed by atoms with Crippen LogP contribution in [0.25, 0.3) is 0 Å². The maximum absolute atomic E-state index is 13.0. The predicted octanol–water partition coefficient (Wildman–Crippen LogP) is 5.64. The van der Waals surface area contributed by atoms with E-state index in [4.69, 9.17) is 11.6 Å². The molecule has 4 nitrogen and oxygen atoms in total. The molecule has 1 aromatic heterocycles. The third-order valence-corrected chi connectivity index (χ3v) is 5.47. The average molecular weight is 446 g/mol. The van der Waals surface area contributed by atoms with Gasteiger partial charge in [-0.05, 0) is 53.9 Å². The van der Waals surface area contributed by atoms with Crippen LogP contribution in [-0.2, 0) is 12.7 Å². The quantitative estimate of drug-likeness (QED) is 0.565. The number of alkyl halides is 3. The molecule has 8 heteroatoms. The van der Waals surface area contributed by atoms with Gasteiger partial charge in [0.05, 0.1) is 5.56 Å². The van der Waals surface area contributed by atoms with Crippen LogP contribution in [0.15, 0.2) is 66.9 Å². The van der Waals surface area contributed by atoms with Crippen LogP contribution in [0.1, 0.15) is 39.6 Å². The van der Waals surface area contributed by atoms with Crippen LogP contribution in [0.4, 0.5) is 18.9 Å². The van der Waals surface area contributed by atoms with Crippen LogP contribution in [-0.4, -0.2) is 17.4 Å². The molecule has 1 aliphatic heterocycles. The van der Waals surface area contributed by atoms with E-state index in [1.165, 1.54) is 6.07 Å². The number of aromatic nitrogens is 1. The average Bonchev–Trinajstić information content (AvgIpc) is 2.77. The van der Waals surface area contributed by atoms with Crippen molar-refractivity contribution >= 4 is 23.2 Å². The molecule has 4 rings (SSSR count). The molecule has 0 fully saturated rings. The van der Waals surface area contributed by atoms with Gasteiger partial charge in [0, 0.05) is 36.0 Å². The molecule has 1 atom stereocenters. The van der Waals surface area contributed by atoms with Gasteiger partial charge < -0.3 is 10.2 Å². The van der Waals surface area contributed by atoms with E-state index in [0.29, 0.717) is 34.9 Å². The highest BCUT2D eigenvalue weighted by molar-refractivity contribution is 6.30. The van der Waals surface area contributed by atoms with Crippen LogP contribution < -0.4 is 10.2 Å². The summed E-state index contributed by atoms with van der Waals surface area (Å²) in [6, 6.07) is 15.6. The number of nitrogens with one attached hydrogen (secondary N) is 1. The Labute approximate surface area is 182 Å². The van der Waals surface area contributed by atoms with Crippen molar-refractivity contribution in [3.05, 3.63) is 94.3 Å². The number of hydrogen-bond acceptors (Lipinski definition) is 3. The second kappa shape index (κ2) is 8.69. The summed E-state index contributed by atoms with van der Waals surface area (Å²) in [5.41, 5.74) is 1.75. The number of nitrogens with zero attached hydrogens (tertiary/aromatic N) is 2. The fraction of sp³-hybridized carbons (Fsp3) is 0.217. The third-order valence-electron chi connectivity index (χ3n) is 5.23. The standard InChI is InChI=1S/C23H19ClF3N3O/c24-17-7-8-21-18(13-17)19(9-11-30(21)22(31)20-6-1-2-10-28-20)29-14-15-4-3-5-16(12-15)23(25,26)27/h1-8,10,12-13,19,29H,9,11,14H2. The molecule has 1 aliphatic rings. The fourth-order valence-electron chi connectivity index (χ4n) is 3.73. The van der Waals surface area contributed by atoms with Crippen molar-refractivity contribution in [3.63, 3.8) is 0 Å². The van der Waals surface area contributed by atoms with E-state index in [2.05, 4.69) is 10.3 Å². The van der Waals surface area contributed by atoms with Crippen LogP contribution >= 0.6 is 11.6 Å². The van der Waals surface area contributed by atoms with Crippen molar-refractivity contribution < 1.29 is 18.0 Å². The second-order valence-corrected chi connectivity index (χ2v) is 7.73. The number of fused-ring (bicyclic) bond motifs is 1. The topological polar surface area (TPSA) is 45.2 Å². The molecule has 0 aliphatic carbocycles. The molecule has 2 heterocycles. The van der Waals surface area contributed by atoms with Gasteiger partial charge in [0.25, 0.3) is 5.91 Å². The van der Waals surface area contributed by atoms with E-state index in [0.717, 1.165) is 17.7 Å². The molecule has 0 saturated heterocycles. The van der Waals surface area contributed by atoms with Crippen molar-refractivity contribution in [2.24, 2.45) is 0 Å². The summed E-state index contributed by atoms with van der Waals surface area (Å²) in [5.74, 6) is -0.208. The monoisotopic (exact) mass is 445 g/mol. The summed E-state index contributed by atoms with van der Waals surface area (Å²) in [5, 5.41) is 3.84. The molecule has 2 aromatic carbocycles. The number of benzene rings is 2. The summed E-state index contributed by atoms with van der Waals surface area (Å²) >= 11 is 6.21. The zero-order valence-corrected chi connectivity index (χ0v) is 17.1. The Morgan fingerprint density at radius 2 is 1.97 bits per heavy atom. The Balaban J connectivity index is 1.56. The lowest BCUT2D eigenvalue weighted by molar-refractivity contribution is -0.137. The molecule has 1 amide bonds. The summed E-state index contributed by atoms with van der Waals surface area (Å²) in [7, 11) is 0. The Morgan fingerprint density at radius 3 is 2.71 bits per heavy atom. The SMILES string of the molecule is O=C(c1ccccn1)N1CCC(NCc2cccc(C(F)(F)F)c2)c2cc(Cl)ccc21. The molecule has 160 valence electrons. The molecule has 0 radical (unpaired) electrons. The van der Waals surface area contributed by atoms with Crippen LogP contribution in [0, 0.1) is 0 Å². The predicted molar refractivity (Wildman–Crippen MR) is 113 cm³/mol. The largest absolute Gasteiger partial charge is 0.416 e. The summed E-state index contributed by atoms with van der Waals surface area (Å²) < 4.78 is 39.0. The number of carbonyl (C=O) groups is 1. The van der Waals surface area contributed by atoms with Crippen LogP contribution in [0.2, 0.25) is 5.02 Å². The number of hydrogen-bond donors (Lipinski definition) is 1. The fourth-order valence-corrected chi connectivity index (χ4v) is 3.91. The maximum Gasteiger partial charge on any atom is 0.416 e. The summed E-state index contributed by atoms with van der Waals surface area (Å²) in [6.07, 6.45) is -2.22. The van der Waals surface area contributed by atoms with Gasteiger partial charge in [0.1, 0.15) is 5.69 Å². The molecule has 3 aromatic rings. The maximum atomic E-state index is 13.0. The Bertz CT molecular complexity index is 1090. The zero-order chi connectivity index (χ0) is 22.0. The van der Waals surface area contributed by atoms with Gasteiger partial charge in [0.2, 0.25) is 0 Å². The highest BCUT2D eigenvalue weighted by atomic mass is 35.5. The first-order valence-electron chi connectivity index (χ1n) is 9.75. The smallest absolute Gasteiger partial charge is 0.307 e. The number of halogens is 4. The molecular weight excluding hydrogens is 427 g/mol. The first kappa shape index (κ1) is 21.3. The lowest BCUT2D eigenvalue weighted by Gasteiger charge is -2.35. The minimum atomic E-state index is -4.38. The van der Waals surface area contributed by atoms with Crippen molar-refractivity contribution in [1.29, 1.82) is 0 Å². The first-order chi connectivity index (χ1) is 14.8. The van der Waals surface area contributed by atoms with E-state index >= 15 is 0 Å². The summed E-state index contributed by atoms with van der Waals surface area (Å²) in [4.78, 5) is 18.8. The van der Waals surface area contributed by atoms with Gasteiger partial charge in [-0.2, -0.15) is 13.2 Å². The van der Waals surface area contributed by atoms with E-state index in [1.54, 1.807) is 53.6 Å². The Kier molecular flexibility index (Phi) is 5.98. The second-order valence-electron chi connectivity index (χ2n) is 7.30. The zero-order valence-electron chi connectivity index (χ0n) is 16.4. The molecule has 0 saturated carbocycles.